The molecule has 1 rings (SSSR count). The number of carbonyl (C=O) groups is 1. The molecule has 0 radical (unpaired) electrons. The fourth-order valence-corrected chi connectivity index (χ4v) is 1.30. The summed E-state index contributed by atoms with van der Waals surface area (Å²) in [5, 5.41) is 3.54. The molecule has 0 fully saturated rings. The Hall–Kier alpha value is -1.22. The van der Waals surface area contributed by atoms with Crippen molar-refractivity contribution < 1.29 is 4.79 Å². The molecule has 1 aromatic rings. The number of primary amides is 1. The highest BCUT2D eigenvalue weighted by Gasteiger charge is 2.06. The van der Waals surface area contributed by atoms with E-state index in [1.54, 1.807) is 12.1 Å². The standard InChI is InChI=1S/C10H13ClN2O/c1-2-5-13-7-3-4-9(11)8(6-7)10(12)14/h3-4,6,13H,2,5H2,1H3,(H2,12,14). The number of nitrogens with one attached hydrogen (secondary N) is 1. The maximum absolute atomic E-state index is 11.0. The number of benzene rings is 1. The first kappa shape index (κ1) is 10.9. The zero-order chi connectivity index (χ0) is 10.6. The minimum Gasteiger partial charge on any atom is -0.385 e. The first-order valence-electron chi connectivity index (χ1n) is 4.48. The average molecular weight is 213 g/mol. The lowest BCUT2D eigenvalue weighted by Crippen LogP contribution is -2.12. The van der Waals surface area contributed by atoms with Gasteiger partial charge in [-0.2, -0.15) is 0 Å². The SMILES string of the molecule is CCCNc1ccc(Cl)c(C(N)=O)c1. The molecule has 0 saturated heterocycles. The molecule has 1 aromatic carbocycles. The Labute approximate surface area is 88.2 Å². The van der Waals surface area contributed by atoms with Crippen molar-refractivity contribution in [2.45, 2.75) is 13.3 Å². The minimum absolute atomic E-state index is 0.354. The third-order valence-electron chi connectivity index (χ3n) is 1.81. The van der Waals surface area contributed by atoms with Gasteiger partial charge in [0.2, 0.25) is 5.91 Å². The summed E-state index contributed by atoms with van der Waals surface area (Å²) < 4.78 is 0. The zero-order valence-electron chi connectivity index (χ0n) is 8.01. The monoisotopic (exact) mass is 212 g/mol. The molecule has 4 heteroatoms. The molecule has 0 spiro atoms. The molecule has 0 aromatic heterocycles. The Morgan fingerprint density at radius 1 is 1.57 bits per heavy atom. The van der Waals surface area contributed by atoms with Crippen LogP contribution in [0.5, 0.6) is 0 Å². The van der Waals surface area contributed by atoms with E-state index in [2.05, 4.69) is 12.2 Å². The summed E-state index contributed by atoms with van der Waals surface area (Å²) in [6.45, 7) is 2.93. The van der Waals surface area contributed by atoms with E-state index in [0.717, 1.165) is 18.7 Å². The number of nitrogens with two attached hydrogens (primary N) is 1. The van der Waals surface area contributed by atoms with Crippen LogP contribution in [0.1, 0.15) is 23.7 Å². The largest absolute Gasteiger partial charge is 0.385 e. The molecule has 14 heavy (non-hydrogen) atoms. The Morgan fingerprint density at radius 3 is 2.86 bits per heavy atom. The number of hydrogen-bond donors (Lipinski definition) is 2. The molecule has 0 aliphatic carbocycles. The van der Waals surface area contributed by atoms with Gasteiger partial charge in [0.1, 0.15) is 0 Å². The maximum atomic E-state index is 11.0. The molecule has 3 nitrogen and oxygen atoms in total. The van der Waals surface area contributed by atoms with E-state index in [1.165, 1.54) is 0 Å². The van der Waals surface area contributed by atoms with Gasteiger partial charge in [0, 0.05) is 12.2 Å². The number of rotatable bonds is 4. The highest BCUT2D eigenvalue weighted by molar-refractivity contribution is 6.33. The van der Waals surface area contributed by atoms with Crippen LogP contribution in [-0.4, -0.2) is 12.5 Å². The highest BCUT2D eigenvalue weighted by Crippen LogP contribution is 2.19. The molecule has 3 N–H and O–H groups in total. The molecule has 1 amide bonds. The van der Waals surface area contributed by atoms with Crippen molar-refractivity contribution in [2.75, 3.05) is 11.9 Å². The average Bonchev–Trinajstić information content (AvgIpc) is 2.16. The van der Waals surface area contributed by atoms with Crippen LogP contribution in [-0.2, 0) is 0 Å². The van der Waals surface area contributed by atoms with Gasteiger partial charge in [-0.15, -0.1) is 0 Å². The lowest BCUT2D eigenvalue weighted by Gasteiger charge is -2.06. The Morgan fingerprint density at radius 2 is 2.29 bits per heavy atom. The van der Waals surface area contributed by atoms with Crippen LogP contribution < -0.4 is 11.1 Å². The van der Waals surface area contributed by atoms with Crippen molar-refractivity contribution >= 4 is 23.2 Å². The highest BCUT2D eigenvalue weighted by atomic mass is 35.5. The Balaban J connectivity index is 2.89. The van der Waals surface area contributed by atoms with E-state index < -0.39 is 5.91 Å². The fourth-order valence-electron chi connectivity index (χ4n) is 1.09. The Kier molecular flexibility index (Phi) is 3.77. The van der Waals surface area contributed by atoms with Crippen LogP contribution in [0.25, 0.3) is 0 Å². The van der Waals surface area contributed by atoms with Gasteiger partial charge in [-0.05, 0) is 24.6 Å². The third kappa shape index (κ3) is 2.64. The van der Waals surface area contributed by atoms with Crippen molar-refractivity contribution in [2.24, 2.45) is 5.73 Å². The van der Waals surface area contributed by atoms with Gasteiger partial charge < -0.3 is 11.1 Å². The normalized spacial score (nSPS) is 9.86. The van der Waals surface area contributed by atoms with Gasteiger partial charge >= 0.3 is 0 Å². The number of carbonyl (C=O) groups excluding carboxylic acids is 1. The van der Waals surface area contributed by atoms with E-state index >= 15 is 0 Å². The van der Waals surface area contributed by atoms with E-state index in [-0.39, 0.29) is 0 Å². The lowest BCUT2D eigenvalue weighted by molar-refractivity contribution is 0.100. The summed E-state index contributed by atoms with van der Waals surface area (Å²) in [6.07, 6.45) is 1.02. The molecule has 0 bridgehead atoms. The summed E-state index contributed by atoms with van der Waals surface area (Å²) in [5.74, 6) is -0.504. The van der Waals surface area contributed by atoms with Crippen molar-refractivity contribution in [3.63, 3.8) is 0 Å². The summed E-state index contributed by atoms with van der Waals surface area (Å²) in [4.78, 5) is 11.0. The topological polar surface area (TPSA) is 55.1 Å². The number of amides is 1. The van der Waals surface area contributed by atoms with Crippen molar-refractivity contribution in [1.29, 1.82) is 0 Å². The Bertz CT molecular complexity index is 339. The molecule has 0 unspecified atom stereocenters. The van der Waals surface area contributed by atoms with E-state index in [1.807, 2.05) is 6.07 Å². The van der Waals surface area contributed by atoms with Crippen molar-refractivity contribution in [3.05, 3.63) is 28.8 Å². The molecule has 0 aliphatic rings. The third-order valence-corrected chi connectivity index (χ3v) is 2.14. The van der Waals surface area contributed by atoms with Gasteiger partial charge in [-0.1, -0.05) is 18.5 Å². The first-order valence-corrected chi connectivity index (χ1v) is 4.86. The summed E-state index contributed by atoms with van der Waals surface area (Å²) in [7, 11) is 0. The van der Waals surface area contributed by atoms with E-state index in [9.17, 15) is 4.79 Å². The predicted octanol–water partition coefficient (Wildman–Crippen LogP) is 2.26. The summed E-state index contributed by atoms with van der Waals surface area (Å²) in [6, 6.07) is 5.16. The van der Waals surface area contributed by atoms with Gasteiger partial charge in [-0.25, -0.2) is 0 Å². The van der Waals surface area contributed by atoms with Crippen molar-refractivity contribution in [1.82, 2.24) is 0 Å². The van der Waals surface area contributed by atoms with Gasteiger partial charge in [0.15, 0.2) is 0 Å². The summed E-state index contributed by atoms with van der Waals surface area (Å²) in [5.41, 5.74) is 6.38. The number of halogens is 1. The minimum atomic E-state index is -0.504. The number of anilines is 1. The zero-order valence-corrected chi connectivity index (χ0v) is 8.77. The van der Waals surface area contributed by atoms with Crippen LogP contribution in [0.2, 0.25) is 5.02 Å². The molecule has 76 valence electrons. The lowest BCUT2D eigenvalue weighted by atomic mass is 10.2. The van der Waals surface area contributed by atoms with Gasteiger partial charge in [-0.3, -0.25) is 4.79 Å². The molecular weight excluding hydrogens is 200 g/mol. The smallest absolute Gasteiger partial charge is 0.250 e. The van der Waals surface area contributed by atoms with Crippen LogP contribution in [0.3, 0.4) is 0 Å². The fraction of sp³-hybridized carbons (Fsp3) is 0.300. The molecule has 0 aliphatic heterocycles. The summed E-state index contributed by atoms with van der Waals surface area (Å²) >= 11 is 5.80. The van der Waals surface area contributed by atoms with E-state index in [0.29, 0.717) is 10.6 Å². The molecule has 0 saturated carbocycles. The van der Waals surface area contributed by atoms with Crippen molar-refractivity contribution in [3.8, 4) is 0 Å². The van der Waals surface area contributed by atoms with Gasteiger partial charge in [0.05, 0.1) is 10.6 Å². The second-order valence-electron chi connectivity index (χ2n) is 2.99. The van der Waals surface area contributed by atoms with Crippen LogP contribution in [0.4, 0.5) is 5.69 Å². The first-order chi connectivity index (χ1) is 6.65. The second-order valence-corrected chi connectivity index (χ2v) is 3.39. The van der Waals surface area contributed by atoms with Gasteiger partial charge in [0.25, 0.3) is 0 Å². The maximum Gasteiger partial charge on any atom is 0.250 e. The molecular formula is C10H13ClN2O. The molecule has 0 heterocycles. The molecule has 0 atom stereocenters. The van der Waals surface area contributed by atoms with E-state index in [4.69, 9.17) is 17.3 Å². The second kappa shape index (κ2) is 4.86. The number of hydrogen-bond acceptors (Lipinski definition) is 2. The van der Waals surface area contributed by atoms with Crippen LogP contribution in [0.15, 0.2) is 18.2 Å². The predicted molar refractivity (Wildman–Crippen MR) is 58.8 cm³/mol. The quantitative estimate of drug-likeness (QED) is 0.805. The van der Waals surface area contributed by atoms with Crippen LogP contribution in [0, 0.1) is 0 Å². The van der Waals surface area contributed by atoms with Crippen LogP contribution >= 0.6 is 11.6 Å².